The Balaban J connectivity index is 2.37. The molecule has 2 rings (SSSR count). The van der Waals surface area contributed by atoms with Crippen molar-refractivity contribution in [2.45, 2.75) is 16.6 Å². The second-order valence-electron chi connectivity index (χ2n) is 3.71. The first kappa shape index (κ1) is 11.9. The number of phenolic OH excluding ortho intramolecular Hbond substituents is 1. The van der Waals surface area contributed by atoms with Crippen LogP contribution in [-0.4, -0.2) is 21.3 Å². The summed E-state index contributed by atoms with van der Waals surface area (Å²) in [4.78, 5) is 13.7. The molecular weight excluding hydrogens is 338 g/mol. The number of amides is 1. The average molecular weight is 349 g/mol. The zero-order valence-corrected chi connectivity index (χ0v) is 11.7. The standard InChI is InChI=1S/C11H11Br2NO2/c12-10(13)11(16)14-5-1-2-7-6-8(15)3-4-9(7)14/h3-4,6,10,15H,1-2,5H2. The van der Waals surface area contributed by atoms with Gasteiger partial charge in [-0.05, 0) is 36.6 Å². The van der Waals surface area contributed by atoms with E-state index in [1.807, 2.05) is 0 Å². The summed E-state index contributed by atoms with van der Waals surface area (Å²) in [7, 11) is 0. The molecule has 3 nitrogen and oxygen atoms in total. The summed E-state index contributed by atoms with van der Waals surface area (Å²) in [6.45, 7) is 0.726. The molecule has 1 aromatic rings. The molecule has 0 radical (unpaired) electrons. The third-order valence-electron chi connectivity index (χ3n) is 2.63. The van der Waals surface area contributed by atoms with Gasteiger partial charge in [0.05, 0.1) is 0 Å². The van der Waals surface area contributed by atoms with Gasteiger partial charge in [0.15, 0.2) is 0 Å². The average Bonchev–Trinajstić information content (AvgIpc) is 2.26. The van der Waals surface area contributed by atoms with Crippen molar-refractivity contribution in [1.29, 1.82) is 0 Å². The van der Waals surface area contributed by atoms with E-state index in [0.717, 1.165) is 30.6 Å². The summed E-state index contributed by atoms with van der Waals surface area (Å²) in [5, 5.41) is 9.40. The van der Waals surface area contributed by atoms with Crippen LogP contribution in [0.15, 0.2) is 18.2 Å². The van der Waals surface area contributed by atoms with Crippen LogP contribution in [0.5, 0.6) is 5.75 Å². The highest BCUT2D eigenvalue weighted by Gasteiger charge is 2.25. The van der Waals surface area contributed by atoms with Crippen LogP contribution in [-0.2, 0) is 11.2 Å². The van der Waals surface area contributed by atoms with Crippen LogP contribution < -0.4 is 4.90 Å². The van der Waals surface area contributed by atoms with Crippen LogP contribution in [0, 0.1) is 0 Å². The number of aryl methyl sites for hydroxylation is 1. The number of alkyl halides is 2. The third kappa shape index (κ3) is 2.25. The molecule has 0 saturated carbocycles. The topological polar surface area (TPSA) is 40.5 Å². The van der Waals surface area contributed by atoms with E-state index in [2.05, 4.69) is 31.9 Å². The van der Waals surface area contributed by atoms with Crippen molar-refractivity contribution in [3.05, 3.63) is 23.8 Å². The highest BCUT2D eigenvalue weighted by molar-refractivity contribution is 9.25. The predicted octanol–water partition coefficient (Wildman–Crippen LogP) is 2.79. The number of benzene rings is 1. The van der Waals surface area contributed by atoms with Gasteiger partial charge in [0.1, 0.15) is 9.49 Å². The Morgan fingerprint density at radius 2 is 2.19 bits per heavy atom. The molecule has 0 saturated heterocycles. The van der Waals surface area contributed by atoms with Gasteiger partial charge in [-0.25, -0.2) is 0 Å². The van der Waals surface area contributed by atoms with Gasteiger partial charge in [0.25, 0.3) is 5.91 Å². The molecule has 1 amide bonds. The fraction of sp³-hybridized carbons (Fsp3) is 0.364. The van der Waals surface area contributed by atoms with E-state index in [0.29, 0.717) is 0 Å². The lowest BCUT2D eigenvalue weighted by molar-refractivity contribution is -0.116. The number of hydrogen-bond donors (Lipinski definition) is 1. The van der Waals surface area contributed by atoms with E-state index in [1.54, 1.807) is 23.1 Å². The van der Waals surface area contributed by atoms with E-state index in [9.17, 15) is 9.90 Å². The van der Waals surface area contributed by atoms with Crippen LogP contribution in [0.1, 0.15) is 12.0 Å². The van der Waals surface area contributed by atoms with Gasteiger partial charge in [-0.2, -0.15) is 0 Å². The molecule has 16 heavy (non-hydrogen) atoms. The number of anilines is 1. The molecule has 1 N–H and O–H groups in total. The van der Waals surface area contributed by atoms with Gasteiger partial charge in [-0.3, -0.25) is 4.79 Å². The Labute approximate surface area is 111 Å². The first-order chi connectivity index (χ1) is 7.59. The summed E-state index contributed by atoms with van der Waals surface area (Å²) in [6.07, 6.45) is 1.83. The Bertz CT molecular complexity index is 420. The van der Waals surface area contributed by atoms with Crippen LogP contribution >= 0.6 is 31.9 Å². The molecule has 5 heteroatoms. The molecule has 0 atom stereocenters. The maximum absolute atomic E-state index is 11.9. The highest BCUT2D eigenvalue weighted by Crippen LogP contribution is 2.31. The molecular formula is C11H11Br2NO2. The van der Waals surface area contributed by atoms with Crippen molar-refractivity contribution in [2.24, 2.45) is 0 Å². The fourth-order valence-electron chi connectivity index (χ4n) is 1.93. The van der Waals surface area contributed by atoms with Gasteiger partial charge < -0.3 is 10.0 Å². The number of phenols is 1. The number of hydrogen-bond acceptors (Lipinski definition) is 2. The van der Waals surface area contributed by atoms with Gasteiger partial charge in [-0.1, -0.05) is 31.9 Å². The maximum Gasteiger partial charge on any atom is 0.251 e. The zero-order chi connectivity index (χ0) is 11.7. The van der Waals surface area contributed by atoms with E-state index < -0.39 is 0 Å². The first-order valence-corrected chi connectivity index (χ1v) is 6.84. The van der Waals surface area contributed by atoms with Crippen molar-refractivity contribution < 1.29 is 9.90 Å². The minimum Gasteiger partial charge on any atom is -0.508 e. The van der Waals surface area contributed by atoms with Gasteiger partial charge in [-0.15, -0.1) is 0 Å². The summed E-state index contributed by atoms with van der Waals surface area (Å²) >= 11 is 6.44. The summed E-state index contributed by atoms with van der Waals surface area (Å²) in [6, 6.07) is 5.14. The lowest BCUT2D eigenvalue weighted by atomic mass is 10.0. The van der Waals surface area contributed by atoms with Crippen molar-refractivity contribution in [3.8, 4) is 5.75 Å². The number of carbonyl (C=O) groups is 1. The SMILES string of the molecule is O=C(C(Br)Br)N1CCCc2cc(O)ccc21. The number of aromatic hydroxyl groups is 1. The minimum absolute atomic E-state index is 0.00774. The number of nitrogens with zero attached hydrogens (tertiary/aromatic N) is 1. The molecule has 1 aliphatic heterocycles. The van der Waals surface area contributed by atoms with E-state index >= 15 is 0 Å². The van der Waals surface area contributed by atoms with Crippen molar-refractivity contribution in [2.75, 3.05) is 11.4 Å². The van der Waals surface area contributed by atoms with Crippen LogP contribution in [0.2, 0.25) is 0 Å². The summed E-state index contributed by atoms with van der Waals surface area (Å²) in [5.74, 6) is 0.244. The third-order valence-corrected chi connectivity index (χ3v) is 3.42. The molecule has 0 spiro atoms. The van der Waals surface area contributed by atoms with Gasteiger partial charge >= 0.3 is 0 Å². The number of rotatable bonds is 1. The Hall–Kier alpha value is -0.550. The Morgan fingerprint density at radius 3 is 2.88 bits per heavy atom. The van der Waals surface area contributed by atoms with Crippen LogP contribution in [0.3, 0.4) is 0 Å². The predicted molar refractivity (Wildman–Crippen MR) is 70.4 cm³/mol. The van der Waals surface area contributed by atoms with Gasteiger partial charge in [0.2, 0.25) is 0 Å². The van der Waals surface area contributed by atoms with E-state index in [-0.39, 0.29) is 15.4 Å². The lowest BCUT2D eigenvalue weighted by Crippen LogP contribution is -2.38. The quantitative estimate of drug-likeness (QED) is 0.793. The molecule has 1 aromatic carbocycles. The molecule has 0 fully saturated rings. The van der Waals surface area contributed by atoms with Crippen LogP contribution in [0.25, 0.3) is 0 Å². The Morgan fingerprint density at radius 1 is 1.44 bits per heavy atom. The van der Waals surface area contributed by atoms with Crippen molar-refractivity contribution in [1.82, 2.24) is 0 Å². The second kappa shape index (κ2) is 4.75. The van der Waals surface area contributed by atoms with Crippen molar-refractivity contribution in [3.63, 3.8) is 0 Å². The molecule has 0 aromatic heterocycles. The molecule has 0 bridgehead atoms. The lowest BCUT2D eigenvalue weighted by Gasteiger charge is -2.30. The number of carbonyl (C=O) groups excluding carboxylic acids is 1. The summed E-state index contributed by atoms with van der Waals surface area (Å²) in [5.41, 5.74) is 1.93. The first-order valence-electron chi connectivity index (χ1n) is 5.01. The fourth-order valence-corrected chi connectivity index (χ4v) is 2.42. The highest BCUT2D eigenvalue weighted by atomic mass is 79.9. The number of halogens is 2. The maximum atomic E-state index is 11.9. The molecule has 1 heterocycles. The van der Waals surface area contributed by atoms with E-state index in [4.69, 9.17) is 0 Å². The Kier molecular flexibility index (Phi) is 3.54. The zero-order valence-electron chi connectivity index (χ0n) is 8.49. The normalized spacial score (nSPS) is 15.1. The molecule has 0 unspecified atom stereocenters. The largest absolute Gasteiger partial charge is 0.508 e. The van der Waals surface area contributed by atoms with Crippen molar-refractivity contribution >= 4 is 43.5 Å². The monoisotopic (exact) mass is 347 g/mol. The summed E-state index contributed by atoms with van der Waals surface area (Å²) < 4.78 is -0.361. The smallest absolute Gasteiger partial charge is 0.251 e. The minimum atomic E-state index is -0.361. The molecule has 1 aliphatic rings. The number of fused-ring (bicyclic) bond motifs is 1. The molecule has 86 valence electrons. The second-order valence-corrected chi connectivity index (χ2v) is 6.77. The van der Waals surface area contributed by atoms with E-state index in [1.165, 1.54) is 0 Å². The van der Waals surface area contributed by atoms with Crippen LogP contribution in [0.4, 0.5) is 5.69 Å². The molecule has 0 aliphatic carbocycles. The van der Waals surface area contributed by atoms with Gasteiger partial charge in [0, 0.05) is 12.2 Å².